The van der Waals surface area contributed by atoms with Crippen LogP contribution in [0.15, 0.2) is 9.98 Å². The monoisotopic (exact) mass is 518 g/mol. The van der Waals surface area contributed by atoms with E-state index in [1.54, 1.807) is 36.1 Å². The van der Waals surface area contributed by atoms with Gasteiger partial charge >= 0.3 is 12.2 Å². The van der Waals surface area contributed by atoms with Gasteiger partial charge < -0.3 is 9.47 Å². The predicted molar refractivity (Wildman–Crippen MR) is 137 cm³/mol. The van der Waals surface area contributed by atoms with Crippen LogP contribution in [0.4, 0.5) is 9.59 Å². The molecule has 2 heterocycles. The van der Waals surface area contributed by atoms with E-state index in [0.717, 1.165) is 38.5 Å². The van der Waals surface area contributed by atoms with Gasteiger partial charge in [0.25, 0.3) is 0 Å². The molecule has 34 heavy (non-hydrogen) atoms. The number of ether oxygens (including phenoxy) is 2. The van der Waals surface area contributed by atoms with Crippen LogP contribution in [-0.4, -0.2) is 71.0 Å². The zero-order chi connectivity index (χ0) is 24.8. The number of unbranched alkanes of at least 4 members (excludes halogenated alkanes) is 9. The third-order valence-electron chi connectivity index (χ3n) is 6.00. The number of alkyl halides is 2. The van der Waals surface area contributed by atoms with Gasteiger partial charge in [-0.25, -0.2) is 9.59 Å². The number of nitrogens with zero attached hydrogens (tertiary/aromatic N) is 4. The van der Waals surface area contributed by atoms with Gasteiger partial charge in [-0.2, -0.15) is 0 Å². The zero-order valence-electron chi connectivity index (χ0n) is 20.5. The molecule has 0 N–H and O–H groups in total. The highest BCUT2D eigenvalue weighted by atomic mass is 35.5. The first-order valence-corrected chi connectivity index (χ1v) is 13.5. The predicted octanol–water partition coefficient (Wildman–Crippen LogP) is 6.54. The number of aliphatic imine (C=N–C) groups is 2. The number of halogens is 2. The summed E-state index contributed by atoms with van der Waals surface area (Å²) in [7, 11) is 0. The Balaban J connectivity index is 1.41. The van der Waals surface area contributed by atoms with Crippen LogP contribution in [0.25, 0.3) is 0 Å². The first-order valence-electron chi connectivity index (χ1n) is 12.6. The molecule has 0 aromatic carbocycles. The summed E-state index contributed by atoms with van der Waals surface area (Å²) in [5.41, 5.74) is -1.26. The van der Waals surface area contributed by atoms with Crippen LogP contribution < -0.4 is 0 Å². The molecule has 2 aliphatic heterocycles. The van der Waals surface area contributed by atoms with Crippen molar-refractivity contribution in [1.29, 1.82) is 0 Å². The SMILES string of the molecule is CC(Cl)OC(=O)N1CC=NC1CCCCCCCCCCCCC1N=CCN1C(=O)OC(C)Cl. The largest absolute Gasteiger partial charge is 0.430 e. The number of hydrogen-bond acceptors (Lipinski definition) is 6. The normalized spacial score (nSPS) is 21.2. The third-order valence-corrected chi connectivity index (χ3v) is 6.18. The van der Waals surface area contributed by atoms with Gasteiger partial charge in [0.1, 0.15) is 12.3 Å². The lowest BCUT2D eigenvalue weighted by Gasteiger charge is -2.23. The summed E-state index contributed by atoms with van der Waals surface area (Å²) in [5.74, 6) is 0. The van der Waals surface area contributed by atoms with E-state index in [1.165, 1.54) is 38.5 Å². The van der Waals surface area contributed by atoms with E-state index in [2.05, 4.69) is 9.98 Å². The summed E-state index contributed by atoms with van der Waals surface area (Å²) in [4.78, 5) is 36.1. The van der Waals surface area contributed by atoms with E-state index < -0.39 is 11.1 Å². The van der Waals surface area contributed by atoms with E-state index in [1.807, 2.05) is 0 Å². The maximum Gasteiger partial charge on any atom is 0.413 e. The number of carbonyl (C=O) groups excluding carboxylic acids is 2. The number of hydrogen-bond donors (Lipinski definition) is 0. The zero-order valence-corrected chi connectivity index (χ0v) is 22.1. The molecule has 0 aromatic heterocycles. The van der Waals surface area contributed by atoms with E-state index in [0.29, 0.717) is 13.1 Å². The molecule has 4 atom stereocenters. The lowest BCUT2D eigenvalue weighted by atomic mass is 10.0. The highest BCUT2D eigenvalue weighted by Crippen LogP contribution is 2.20. The minimum atomic E-state index is -0.628. The molecule has 0 bridgehead atoms. The Hall–Kier alpha value is -1.54. The molecule has 0 saturated carbocycles. The van der Waals surface area contributed by atoms with Crippen molar-refractivity contribution in [1.82, 2.24) is 9.80 Å². The van der Waals surface area contributed by atoms with Gasteiger partial charge in [-0.15, -0.1) is 0 Å². The van der Waals surface area contributed by atoms with Crippen molar-refractivity contribution in [3.05, 3.63) is 0 Å². The van der Waals surface area contributed by atoms with Gasteiger partial charge in [0, 0.05) is 12.4 Å². The van der Waals surface area contributed by atoms with Crippen LogP contribution in [-0.2, 0) is 9.47 Å². The van der Waals surface area contributed by atoms with Gasteiger partial charge in [-0.1, -0.05) is 74.6 Å². The maximum absolute atomic E-state index is 12.0. The van der Waals surface area contributed by atoms with Crippen molar-refractivity contribution in [3.8, 4) is 0 Å². The molecule has 0 spiro atoms. The Kier molecular flexibility index (Phi) is 13.7. The molecule has 8 nitrogen and oxygen atoms in total. The molecule has 0 saturated heterocycles. The second-order valence-corrected chi connectivity index (χ2v) is 10.1. The maximum atomic E-state index is 12.0. The van der Waals surface area contributed by atoms with Crippen molar-refractivity contribution in [3.63, 3.8) is 0 Å². The highest BCUT2D eigenvalue weighted by Gasteiger charge is 2.28. The van der Waals surface area contributed by atoms with Gasteiger partial charge in [-0.3, -0.25) is 19.8 Å². The van der Waals surface area contributed by atoms with E-state index in [9.17, 15) is 9.59 Å². The summed E-state index contributed by atoms with van der Waals surface area (Å²) in [6, 6.07) is 0. The van der Waals surface area contributed by atoms with Crippen LogP contribution in [0.1, 0.15) is 90.9 Å². The molecular formula is C24H40Cl2N4O4. The molecular weight excluding hydrogens is 479 g/mol. The quantitative estimate of drug-likeness (QED) is 0.182. The van der Waals surface area contributed by atoms with Gasteiger partial charge in [0.15, 0.2) is 11.1 Å². The third kappa shape index (κ3) is 10.8. The first kappa shape index (κ1) is 28.7. The molecule has 0 radical (unpaired) electrons. The van der Waals surface area contributed by atoms with Crippen LogP contribution in [0, 0.1) is 0 Å². The fourth-order valence-electron chi connectivity index (χ4n) is 4.25. The number of rotatable bonds is 15. The summed E-state index contributed by atoms with van der Waals surface area (Å²) in [6.45, 7) is 4.27. The van der Waals surface area contributed by atoms with Crippen molar-refractivity contribution < 1.29 is 19.1 Å². The molecule has 2 aliphatic rings. The second-order valence-electron chi connectivity index (χ2n) is 8.90. The first-order chi connectivity index (χ1) is 16.4. The van der Waals surface area contributed by atoms with Crippen LogP contribution >= 0.6 is 23.2 Å². The van der Waals surface area contributed by atoms with Crippen molar-refractivity contribution in [2.75, 3.05) is 13.1 Å². The van der Waals surface area contributed by atoms with E-state index in [-0.39, 0.29) is 24.5 Å². The minimum Gasteiger partial charge on any atom is -0.430 e. The highest BCUT2D eigenvalue weighted by molar-refractivity contribution is 6.20. The molecule has 0 aliphatic carbocycles. The average molecular weight is 520 g/mol. The topological polar surface area (TPSA) is 83.8 Å². The lowest BCUT2D eigenvalue weighted by Crippen LogP contribution is -2.37. The molecule has 10 heteroatoms. The van der Waals surface area contributed by atoms with E-state index >= 15 is 0 Å². The van der Waals surface area contributed by atoms with Gasteiger partial charge in [0.05, 0.1) is 13.1 Å². The summed E-state index contributed by atoms with van der Waals surface area (Å²) >= 11 is 11.5. The van der Waals surface area contributed by atoms with Crippen molar-refractivity contribution in [2.24, 2.45) is 9.98 Å². The van der Waals surface area contributed by atoms with Gasteiger partial charge in [0.2, 0.25) is 0 Å². The Morgan fingerprint density at radius 3 is 1.38 bits per heavy atom. The van der Waals surface area contributed by atoms with Crippen molar-refractivity contribution >= 4 is 47.8 Å². The fourth-order valence-corrected chi connectivity index (χ4v) is 4.40. The smallest absolute Gasteiger partial charge is 0.413 e. The van der Waals surface area contributed by atoms with Crippen LogP contribution in [0.3, 0.4) is 0 Å². The molecule has 0 aromatic rings. The Labute approximate surface area is 214 Å². The van der Waals surface area contributed by atoms with Gasteiger partial charge in [-0.05, 0) is 39.5 Å². The molecule has 0 fully saturated rings. The molecule has 2 amide bonds. The fraction of sp³-hybridized carbons (Fsp3) is 0.833. The van der Waals surface area contributed by atoms with E-state index in [4.69, 9.17) is 32.7 Å². The average Bonchev–Trinajstić information content (AvgIpc) is 3.43. The Morgan fingerprint density at radius 1 is 0.735 bits per heavy atom. The summed E-state index contributed by atoms with van der Waals surface area (Å²) in [6.07, 6.45) is 16.2. The molecule has 2 rings (SSSR count). The van der Waals surface area contributed by atoms with Crippen molar-refractivity contribution in [2.45, 2.75) is 114 Å². The summed E-state index contributed by atoms with van der Waals surface area (Å²) in [5, 5.41) is 0. The lowest BCUT2D eigenvalue weighted by molar-refractivity contribution is 0.0888. The minimum absolute atomic E-state index is 0.112. The second kappa shape index (κ2) is 16.2. The number of carbonyl (C=O) groups is 2. The standard InChI is InChI=1S/C24H40Cl2N4O4/c1-19(25)33-23(31)29-17-15-27-21(29)13-11-9-7-5-3-4-6-8-10-12-14-22-28-16-18-30(22)24(32)34-20(2)26/h15-16,19-22H,3-14,17-18H2,1-2H3. The Bertz CT molecular complexity index is 619. The number of amides is 2. The molecule has 194 valence electrons. The summed E-state index contributed by atoms with van der Waals surface area (Å²) < 4.78 is 10.1. The Morgan fingerprint density at radius 2 is 1.06 bits per heavy atom. The van der Waals surface area contributed by atoms with Crippen LogP contribution in [0.5, 0.6) is 0 Å². The van der Waals surface area contributed by atoms with Crippen LogP contribution in [0.2, 0.25) is 0 Å². The molecule has 4 unspecified atom stereocenters.